The van der Waals surface area contributed by atoms with Crippen molar-refractivity contribution in [2.24, 2.45) is 5.73 Å². The van der Waals surface area contributed by atoms with Crippen LogP contribution in [-0.2, 0) is 0 Å². The van der Waals surface area contributed by atoms with Crippen LogP contribution < -0.4 is 5.73 Å². The first-order valence-electron chi connectivity index (χ1n) is 6.81. The van der Waals surface area contributed by atoms with Crippen LogP contribution in [-0.4, -0.2) is 11.2 Å². The van der Waals surface area contributed by atoms with E-state index in [4.69, 9.17) is 5.73 Å². The minimum Gasteiger partial charge on any atom is -0.391 e. The number of rotatable bonds is 5. The van der Waals surface area contributed by atoms with Gasteiger partial charge in [-0.2, -0.15) is 0 Å². The van der Waals surface area contributed by atoms with Crippen molar-refractivity contribution < 1.29 is 5.11 Å². The van der Waals surface area contributed by atoms with Crippen LogP contribution in [0.25, 0.3) is 11.1 Å². The Morgan fingerprint density at radius 3 is 2.37 bits per heavy atom. The highest BCUT2D eigenvalue weighted by atomic mass is 16.3. The normalized spacial score (nSPS) is 14.1. The molecule has 19 heavy (non-hydrogen) atoms. The molecule has 0 saturated carbocycles. The molecule has 2 heteroatoms. The summed E-state index contributed by atoms with van der Waals surface area (Å²) in [5, 5.41) is 10.0. The zero-order valence-electron chi connectivity index (χ0n) is 11.3. The van der Waals surface area contributed by atoms with Crippen LogP contribution >= 0.6 is 0 Å². The highest BCUT2D eigenvalue weighted by Gasteiger charge is 2.16. The molecular formula is C17H21NO. The summed E-state index contributed by atoms with van der Waals surface area (Å²) >= 11 is 0. The number of hydrogen-bond acceptors (Lipinski definition) is 2. The second kappa shape index (κ2) is 6.50. The maximum Gasteiger partial charge on any atom is 0.0732 e. The fraction of sp³-hybridized carbons (Fsp3) is 0.294. The Balaban J connectivity index is 2.25. The van der Waals surface area contributed by atoms with E-state index < -0.39 is 6.10 Å². The lowest BCUT2D eigenvalue weighted by molar-refractivity contribution is 0.134. The van der Waals surface area contributed by atoms with Crippen molar-refractivity contribution in [3.63, 3.8) is 0 Å². The van der Waals surface area contributed by atoms with Crippen LogP contribution in [0, 0.1) is 0 Å². The van der Waals surface area contributed by atoms with Crippen molar-refractivity contribution in [1.29, 1.82) is 0 Å². The second-order valence-electron chi connectivity index (χ2n) is 4.87. The summed E-state index contributed by atoms with van der Waals surface area (Å²) in [5.74, 6) is 0. The van der Waals surface area contributed by atoms with Gasteiger partial charge in [-0.15, -0.1) is 0 Å². The Kier molecular flexibility index (Phi) is 4.72. The molecule has 0 heterocycles. The van der Waals surface area contributed by atoms with Crippen LogP contribution in [0.3, 0.4) is 0 Å². The first-order valence-corrected chi connectivity index (χ1v) is 6.81. The third-order valence-corrected chi connectivity index (χ3v) is 3.38. The fourth-order valence-corrected chi connectivity index (χ4v) is 2.25. The second-order valence-corrected chi connectivity index (χ2v) is 4.87. The molecule has 0 fully saturated rings. The van der Waals surface area contributed by atoms with Gasteiger partial charge in [0.2, 0.25) is 0 Å². The topological polar surface area (TPSA) is 46.2 Å². The van der Waals surface area contributed by atoms with Crippen LogP contribution in [0.4, 0.5) is 0 Å². The van der Waals surface area contributed by atoms with E-state index in [2.05, 4.69) is 31.2 Å². The molecular weight excluding hydrogens is 234 g/mol. The Morgan fingerprint density at radius 2 is 1.68 bits per heavy atom. The molecule has 0 radical (unpaired) electrons. The van der Waals surface area contributed by atoms with Crippen LogP contribution in [0.2, 0.25) is 0 Å². The largest absolute Gasteiger partial charge is 0.391 e. The summed E-state index contributed by atoms with van der Waals surface area (Å²) < 4.78 is 0. The maximum atomic E-state index is 10.0. The van der Waals surface area contributed by atoms with Crippen molar-refractivity contribution in [1.82, 2.24) is 0 Å². The molecule has 2 atom stereocenters. The summed E-state index contributed by atoms with van der Waals surface area (Å²) in [4.78, 5) is 0. The summed E-state index contributed by atoms with van der Waals surface area (Å²) in [5.41, 5.74) is 9.41. The van der Waals surface area contributed by atoms with Crippen molar-refractivity contribution in [2.45, 2.75) is 31.9 Å². The SMILES string of the molecule is CCC[C@H](O)[C@H](N)c1cccc(-c2ccccc2)c1. The third-order valence-electron chi connectivity index (χ3n) is 3.38. The van der Waals surface area contributed by atoms with Gasteiger partial charge in [0.15, 0.2) is 0 Å². The van der Waals surface area contributed by atoms with Crippen molar-refractivity contribution >= 4 is 0 Å². The van der Waals surface area contributed by atoms with E-state index in [9.17, 15) is 5.11 Å². The monoisotopic (exact) mass is 255 g/mol. The van der Waals surface area contributed by atoms with Gasteiger partial charge in [0.05, 0.1) is 12.1 Å². The van der Waals surface area contributed by atoms with E-state index in [1.165, 1.54) is 5.56 Å². The minimum absolute atomic E-state index is 0.316. The molecule has 2 aromatic rings. The molecule has 0 bridgehead atoms. The molecule has 2 rings (SSSR count). The molecule has 0 amide bonds. The van der Waals surface area contributed by atoms with E-state index in [0.717, 1.165) is 24.0 Å². The summed E-state index contributed by atoms with van der Waals surface area (Å²) in [6.45, 7) is 2.05. The Hall–Kier alpha value is -1.64. The molecule has 0 aromatic heterocycles. The minimum atomic E-state index is -0.476. The lowest BCUT2D eigenvalue weighted by Crippen LogP contribution is -2.25. The molecule has 0 saturated heterocycles. The Labute approximate surface area is 114 Å². The van der Waals surface area contributed by atoms with E-state index in [-0.39, 0.29) is 6.04 Å². The van der Waals surface area contributed by atoms with Gasteiger partial charge in [0.1, 0.15) is 0 Å². The number of aliphatic hydroxyl groups is 1. The first kappa shape index (κ1) is 13.8. The van der Waals surface area contributed by atoms with E-state index >= 15 is 0 Å². The van der Waals surface area contributed by atoms with Gasteiger partial charge in [-0.25, -0.2) is 0 Å². The standard InChI is InChI=1S/C17H21NO/c1-2-7-16(19)17(18)15-11-6-10-14(12-15)13-8-4-3-5-9-13/h3-6,8-12,16-17,19H,2,7,18H2,1H3/t16-,17+/m0/s1. The van der Waals surface area contributed by atoms with Crippen molar-refractivity contribution in [3.05, 3.63) is 60.2 Å². The summed E-state index contributed by atoms with van der Waals surface area (Å²) in [6, 6.07) is 18.0. The third kappa shape index (κ3) is 3.43. The van der Waals surface area contributed by atoms with Crippen LogP contribution in [0.5, 0.6) is 0 Å². The zero-order valence-corrected chi connectivity index (χ0v) is 11.3. The molecule has 2 nitrogen and oxygen atoms in total. The quantitative estimate of drug-likeness (QED) is 0.858. The van der Waals surface area contributed by atoms with E-state index in [0.29, 0.717) is 0 Å². The molecule has 0 spiro atoms. The van der Waals surface area contributed by atoms with Gasteiger partial charge in [-0.05, 0) is 29.2 Å². The smallest absolute Gasteiger partial charge is 0.0732 e. The fourth-order valence-electron chi connectivity index (χ4n) is 2.25. The average Bonchev–Trinajstić information content (AvgIpc) is 2.48. The molecule has 100 valence electrons. The van der Waals surface area contributed by atoms with Crippen molar-refractivity contribution in [3.8, 4) is 11.1 Å². The highest BCUT2D eigenvalue weighted by Crippen LogP contribution is 2.24. The van der Waals surface area contributed by atoms with Gasteiger partial charge in [0, 0.05) is 0 Å². The highest BCUT2D eigenvalue weighted by molar-refractivity contribution is 5.64. The van der Waals surface area contributed by atoms with Gasteiger partial charge in [-0.3, -0.25) is 0 Å². The summed E-state index contributed by atoms with van der Waals surface area (Å²) in [7, 11) is 0. The lowest BCUT2D eigenvalue weighted by atomic mass is 9.95. The number of aliphatic hydroxyl groups excluding tert-OH is 1. The number of benzene rings is 2. The van der Waals surface area contributed by atoms with E-state index in [1.807, 2.05) is 30.3 Å². The average molecular weight is 255 g/mol. The summed E-state index contributed by atoms with van der Waals surface area (Å²) in [6.07, 6.45) is 1.19. The van der Waals surface area contributed by atoms with Gasteiger partial charge >= 0.3 is 0 Å². The van der Waals surface area contributed by atoms with Gasteiger partial charge in [-0.1, -0.05) is 61.9 Å². The maximum absolute atomic E-state index is 10.0. The molecule has 0 aliphatic rings. The molecule has 3 N–H and O–H groups in total. The molecule has 0 aliphatic carbocycles. The van der Waals surface area contributed by atoms with E-state index in [1.54, 1.807) is 0 Å². The Bertz CT molecular complexity index is 510. The van der Waals surface area contributed by atoms with Crippen LogP contribution in [0.15, 0.2) is 54.6 Å². The number of hydrogen-bond donors (Lipinski definition) is 2. The first-order chi connectivity index (χ1) is 9.22. The zero-order chi connectivity index (χ0) is 13.7. The molecule has 2 aromatic carbocycles. The predicted molar refractivity (Wildman–Crippen MR) is 79.7 cm³/mol. The molecule has 0 aliphatic heterocycles. The number of nitrogens with two attached hydrogens (primary N) is 1. The van der Waals surface area contributed by atoms with Crippen molar-refractivity contribution in [2.75, 3.05) is 0 Å². The molecule has 0 unspecified atom stereocenters. The van der Waals surface area contributed by atoms with Gasteiger partial charge < -0.3 is 10.8 Å². The lowest BCUT2D eigenvalue weighted by Gasteiger charge is -2.19. The Morgan fingerprint density at radius 1 is 1.00 bits per heavy atom. The van der Waals surface area contributed by atoms with Crippen LogP contribution in [0.1, 0.15) is 31.4 Å². The predicted octanol–water partition coefficient (Wildman–Crippen LogP) is 3.51. The van der Waals surface area contributed by atoms with Gasteiger partial charge in [0.25, 0.3) is 0 Å².